The first-order valence-electron chi connectivity index (χ1n) is 16.3. The van der Waals surface area contributed by atoms with Gasteiger partial charge in [-0.2, -0.15) is 0 Å². The van der Waals surface area contributed by atoms with Crippen LogP contribution in [0.2, 0.25) is 0 Å². The summed E-state index contributed by atoms with van der Waals surface area (Å²) in [6.45, 7) is 0. The zero-order chi connectivity index (χ0) is 33.0. The molecule has 0 atom stereocenters. The molecule has 10 rings (SSSR count). The molecule has 0 aliphatic heterocycles. The fraction of sp³-hybridized carbons (Fsp3) is 0. The average Bonchev–Trinajstić information content (AvgIpc) is 3.77. The first-order chi connectivity index (χ1) is 24.8. The summed E-state index contributed by atoms with van der Waals surface area (Å²) < 4.78 is 8.98. The van der Waals surface area contributed by atoms with Crippen molar-refractivity contribution >= 4 is 53.6 Å². The van der Waals surface area contributed by atoms with Gasteiger partial charge in [-0.05, 0) is 24.3 Å². The summed E-state index contributed by atoms with van der Waals surface area (Å²) in [7, 11) is 0. The van der Waals surface area contributed by atoms with Gasteiger partial charge in [-0.25, -0.2) is 24.9 Å². The van der Waals surface area contributed by atoms with E-state index in [0.717, 1.165) is 71.1 Å². The molecule has 0 bridgehead atoms. The van der Waals surface area contributed by atoms with Crippen molar-refractivity contribution < 1.29 is 4.42 Å². The second-order valence-electron chi connectivity index (χ2n) is 12.1. The number of thiophene rings is 1. The van der Waals surface area contributed by atoms with Gasteiger partial charge in [0.15, 0.2) is 23.3 Å². The topological polar surface area (TPSA) is 77.6 Å². The highest BCUT2D eigenvalue weighted by molar-refractivity contribution is 7.26. The molecule has 7 heteroatoms. The van der Waals surface area contributed by atoms with Gasteiger partial charge in [0.2, 0.25) is 0 Å². The fourth-order valence-electron chi connectivity index (χ4n) is 6.55. The third kappa shape index (κ3) is 4.75. The van der Waals surface area contributed by atoms with Crippen LogP contribution in [0.5, 0.6) is 0 Å². The molecular formula is C43H25N5OS. The summed E-state index contributed by atoms with van der Waals surface area (Å²) in [4.78, 5) is 25.0. The fourth-order valence-corrected chi connectivity index (χ4v) is 7.70. The largest absolute Gasteiger partial charge is 0.455 e. The minimum Gasteiger partial charge on any atom is -0.455 e. The molecule has 6 nitrogen and oxygen atoms in total. The molecule has 0 saturated heterocycles. The molecule has 0 spiro atoms. The van der Waals surface area contributed by atoms with Crippen molar-refractivity contribution in [3.05, 3.63) is 152 Å². The number of fused-ring (bicyclic) bond motifs is 6. The van der Waals surface area contributed by atoms with E-state index in [-0.39, 0.29) is 0 Å². The van der Waals surface area contributed by atoms with Crippen LogP contribution in [0.1, 0.15) is 0 Å². The number of benzene rings is 6. The average molecular weight is 660 g/mol. The Hall–Kier alpha value is -6.57. The highest BCUT2D eigenvalue weighted by Gasteiger charge is 2.21. The number of hydrogen-bond acceptors (Lipinski definition) is 7. The molecule has 6 aromatic carbocycles. The van der Waals surface area contributed by atoms with E-state index < -0.39 is 0 Å². The molecule has 0 aliphatic rings. The molecule has 0 radical (unpaired) electrons. The van der Waals surface area contributed by atoms with Gasteiger partial charge < -0.3 is 4.42 Å². The normalized spacial score (nSPS) is 11.6. The van der Waals surface area contributed by atoms with Crippen molar-refractivity contribution in [1.82, 2.24) is 24.9 Å². The van der Waals surface area contributed by atoms with Crippen molar-refractivity contribution in [2.45, 2.75) is 0 Å². The molecule has 0 amide bonds. The quantitative estimate of drug-likeness (QED) is 0.183. The number of nitrogens with zero attached hydrogens (tertiary/aromatic N) is 5. The first kappa shape index (κ1) is 28.4. The Balaban J connectivity index is 1.17. The van der Waals surface area contributed by atoms with Crippen molar-refractivity contribution in [3.63, 3.8) is 0 Å². The molecule has 0 saturated carbocycles. The summed E-state index contributed by atoms with van der Waals surface area (Å²) in [5.41, 5.74) is 7.92. The second-order valence-corrected chi connectivity index (χ2v) is 13.1. The van der Waals surface area contributed by atoms with Crippen LogP contribution in [-0.4, -0.2) is 24.9 Å². The van der Waals surface area contributed by atoms with Crippen LogP contribution in [0, 0.1) is 0 Å². The minimum absolute atomic E-state index is 0.579. The molecule has 4 heterocycles. The maximum Gasteiger partial charge on any atom is 0.164 e. The van der Waals surface area contributed by atoms with Gasteiger partial charge in [0.1, 0.15) is 11.2 Å². The summed E-state index contributed by atoms with van der Waals surface area (Å²) in [6.07, 6.45) is 0. The Bertz CT molecular complexity index is 2810. The van der Waals surface area contributed by atoms with E-state index in [2.05, 4.69) is 66.7 Å². The molecule has 234 valence electrons. The lowest BCUT2D eigenvalue weighted by molar-refractivity contribution is 0.670. The zero-order valence-corrected chi connectivity index (χ0v) is 27.3. The van der Waals surface area contributed by atoms with Crippen molar-refractivity contribution in [1.29, 1.82) is 0 Å². The number of hydrogen-bond donors (Lipinski definition) is 0. The van der Waals surface area contributed by atoms with Crippen molar-refractivity contribution in [2.75, 3.05) is 0 Å². The van der Waals surface area contributed by atoms with Gasteiger partial charge >= 0.3 is 0 Å². The van der Waals surface area contributed by atoms with Crippen LogP contribution >= 0.6 is 11.3 Å². The van der Waals surface area contributed by atoms with E-state index in [1.807, 2.05) is 84.9 Å². The SMILES string of the molecule is c1ccc(-c2nc(-c3ccccc3)nc(-c3ccc4c(c3)oc3c(-c5nc(-c6ccccc6)nc6c5sc5ccccc56)cccc34)n2)cc1. The molecule has 0 N–H and O–H groups in total. The predicted molar refractivity (Wildman–Crippen MR) is 203 cm³/mol. The van der Waals surface area contributed by atoms with Crippen LogP contribution < -0.4 is 0 Å². The molecular weight excluding hydrogens is 635 g/mol. The van der Waals surface area contributed by atoms with Crippen LogP contribution in [-0.2, 0) is 0 Å². The van der Waals surface area contributed by atoms with Crippen LogP contribution in [0.4, 0.5) is 0 Å². The van der Waals surface area contributed by atoms with Gasteiger partial charge in [-0.15, -0.1) is 11.3 Å². The van der Waals surface area contributed by atoms with E-state index in [4.69, 9.17) is 29.3 Å². The van der Waals surface area contributed by atoms with Gasteiger partial charge in [0.25, 0.3) is 0 Å². The van der Waals surface area contributed by atoms with Gasteiger partial charge in [0, 0.05) is 48.7 Å². The Morgan fingerprint density at radius 1 is 0.420 bits per heavy atom. The van der Waals surface area contributed by atoms with E-state index in [1.165, 1.54) is 4.70 Å². The number of rotatable bonds is 5. The summed E-state index contributed by atoms with van der Waals surface area (Å²) >= 11 is 1.71. The Kier molecular flexibility index (Phi) is 6.57. The van der Waals surface area contributed by atoms with Gasteiger partial charge in [-0.1, -0.05) is 127 Å². The van der Waals surface area contributed by atoms with Crippen LogP contribution in [0.25, 0.3) is 99.1 Å². The molecule has 0 unspecified atom stereocenters. The highest BCUT2D eigenvalue weighted by atomic mass is 32.1. The summed E-state index contributed by atoms with van der Waals surface area (Å²) in [6, 6.07) is 51.0. The molecule has 10 aromatic rings. The minimum atomic E-state index is 0.579. The lowest BCUT2D eigenvalue weighted by atomic mass is 10.0. The zero-order valence-electron chi connectivity index (χ0n) is 26.5. The predicted octanol–water partition coefficient (Wildman–Crippen LogP) is 11.3. The number of aromatic nitrogens is 5. The number of para-hydroxylation sites is 1. The molecule has 50 heavy (non-hydrogen) atoms. The van der Waals surface area contributed by atoms with E-state index in [1.54, 1.807) is 11.3 Å². The van der Waals surface area contributed by atoms with Crippen LogP contribution in [0.3, 0.4) is 0 Å². The third-order valence-corrected chi connectivity index (χ3v) is 10.1. The molecule has 0 fully saturated rings. The van der Waals surface area contributed by atoms with Crippen LogP contribution in [0.15, 0.2) is 156 Å². The lowest BCUT2D eigenvalue weighted by Gasteiger charge is -2.08. The molecule has 0 aliphatic carbocycles. The van der Waals surface area contributed by atoms with Gasteiger partial charge in [0.05, 0.1) is 15.9 Å². The van der Waals surface area contributed by atoms with Gasteiger partial charge in [-0.3, -0.25) is 0 Å². The van der Waals surface area contributed by atoms with E-state index in [9.17, 15) is 0 Å². The maximum absolute atomic E-state index is 6.77. The summed E-state index contributed by atoms with van der Waals surface area (Å²) in [5.74, 6) is 2.50. The lowest BCUT2D eigenvalue weighted by Crippen LogP contribution is -2.00. The standard InChI is InChI=1S/C43H25N5OS/c1-4-13-26(14-5-1)40-44-36-32-19-10-11-22-35(32)50-39(36)37(45-40)33-21-12-20-31-30-24-23-29(25-34(30)49-38(31)33)43-47-41(27-15-6-2-7-16-27)46-42(48-43)28-17-8-3-9-18-28/h1-25H. The first-order valence-corrected chi connectivity index (χ1v) is 17.2. The third-order valence-electron chi connectivity index (χ3n) is 8.96. The maximum atomic E-state index is 6.77. The smallest absolute Gasteiger partial charge is 0.164 e. The van der Waals surface area contributed by atoms with E-state index in [0.29, 0.717) is 23.3 Å². The highest BCUT2D eigenvalue weighted by Crippen LogP contribution is 2.43. The summed E-state index contributed by atoms with van der Waals surface area (Å²) in [5, 5.41) is 3.15. The number of furan rings is 1. The Labute approximate surface area is 290 Å². The van der Waals surface area contributed by atoms with E-state index >= 15 is 0 Å². The second kappa shape index (κ2) is 11.5. The van der Waals surface area contributed by atoms with Crippen molar-refractivity contribution in [3.8, 4) is 56.8 Å². The monoisotopic (exact) mass is 659 g/mol. The Morgan fingerprint density at radius 2 is 0.980 bits per heavy atom. The van der Waals surface area contributed by atoms with Crippen molar-refractivity contribution in [2.24, 2.45) is 0 Å². The molecule has 4 aromatic heterocycles. The Morgan fingerprint density at radius 3 is 1.64 bits per heavy atom.